The molecular formula is C9H9NO2. The first-order valence-corrected chi connectivity index (χ1v) is 3.70. The molecule has 0 amide bonds. The predicted molar refractivity (Wildman–Crippen MR) is 44.1 cm³/mol. The Bertz CT molecular complexity index is 322. The van der Waals surface area contributed by atoms with Crippen molar-refractivity contribution in [2.24, 2.45) is 0 Å². The van der Waals surface area contributed by atoms with Gasteiger partial charge in [0.05, 0.1) is 0 Å². The maximum Gasteiger partial charge on any atom is 0.229 e. The van der Waals surface area contributed by atoms with Gasteiger partial charge in [0.1, 0.15) is 0 Å². The molecule has 0 saturated heterocycles. The normalized spacial score (nSPS) is 20.4. The monoisotopic (exact) mass is 163 g/mol. The first kappa shape index (κ1) is 7.31. The summed E-state index contributed by atoms with van der Waals surface area (Å²) in [6.45, 7) is 0. The highest BCUT2D eigenvalue weighted by Crippen LogP contribution is 2.30. The molecule has 1 aliphatic heterocycles. The zero-order valence-electron chi connectivity index (χ0n) is 6.70. The molecule has 1 aliphatic rings. The molecule has 1 aromatic rings. The average molecular weight is 163 g/mol. The van der Waals surface area contributed by atoms with Crippen molar-refractivity contribution in [2.45, 2.75) is 6.29 Å². The van der Waals surface area contributed by atoms with Gasteiger partial charge in [0.15, 0.2) is 0 Å². The summed E-state index contributed by atoms with van der Waals surface area (Å²) in [5.41, 5.74) is 1.76. The van der Waals surface area contributed by atoms with Crippen LogP contribution >= 0.6 is 0 Å². The van der Waals surface area contributed by atoms with Crippen molar-refractivity contribution in [3.8, 4) is 0 Å². The third-order valence-electron chi connectivity index (χ3n) is 1.90. The van der Waals surface area contributed by atoms with Crippen LogP contribution in [-0.2, 0) is 9.47 Å². The van der Waals surface area contributed by atoms with E-state index in [1.54, 1.807) is 7.11 Å². The summed E-state index contributed by atoms with van der Waals surface area (Å²) in [5.74, 6) is 0.192. The number of hydrogen-bond acceptors (Lipinski definition) is 3. The summed E-state index contributed by atoms with van der Waals surface area (Å²) in [5, 5.41) is 7.46. The van der Waals surface area contributed by atoms with Crippen molar-refractivity contribution in [2.75, 3.05) is 7.11 Å². The van der Waals surface area contributed by atoms with E-state index in [0.29, 0.717) is 0 Å². The highest BCUT2D eigenvalue weighted by atomic mass is 16.7. The summed E-state index contributed by atoms with van der Waals surface area (Å²) in [4.78, 5) is 0. The van der Waals surface area contributed by atoms with Crippen molar-refractivity contribution < 1.29 is 9.47 Å². The molecule has 62 valence electrons. The summed E-state index contributed by atoms with van der Waals surface area (Å²) in [6, 6.07) is 7.56. The van der Waals surface area contributed by atoms with E-state index >= 15 is 0 Å². The Kier molecular flexibility index (Phi) is 1.59. The Morgan fingerprint density at radius 3 is 2.92 bits per heavy atom. The van der Waals surface area contributed by atoms with Crippen molar-refractivity contribution in [1.29, 1.82) is 5.41 Å². The lowest BCUT2D eigenvalue weighted by Crippen LogP contribution is -1.99. The van der Waals surface area contributed by atoms with Crippen LogP contribution < -0.4 is 0 Å². The van der Waals surface area contributed by atoms with Crippen LogP contribution in [0.2, 0.25) is 0 Å². The van der Waals surface area contributed by atoms with Crippen LogP contribution in [0.3, 0.4) is 0 Å². The predicted octanol–water partition coefficient (Wildman–Crippen LogP) is 1.69. The van der Waals surface area contributed by atoms with Gasteiger partial charge in [-0.15, -0.1) is 0 Å². The van der Waals surface area contributed by atoms with E-state index in [-0.39, 0.29) is 5.90 Å². The zero-order valence-corrected chi connectivity index (χ0v) is 6.70. The molecular weight excluding hydrogens is 154 g/mol. The molecule has 0 fully saturated rings. The van der Waals surface area contributed by atoms with Crippen LogP contribution in [0.5, 0.6) is 0 Å². The zero-order chi connectivity index (χ0) is 8.55. The van der Waals surface area contributed by atoms with E-state index in [4.69, 9.17) is 14.9 Å². The fourth-order valence-electron chi connectivity index (χ4n) is 1.32. The lowest BCUT2D eigenvalue weighted by Gasteiger charge is -2.06. The third-order valence-corrected chi connectivity index (χ3v) is 1.90. The van der Waals surface area contributed by atoms with Crippen LogP contribution in [-0.4, -0.2) is 13.0 Å². The van der Waals surface area contributed by atoms with Gasteiger partial charge in [-0.3, -0.25) is 5.41 Å². The first-order chi connectivity index (χ1) is 5.83. The van der Waals surface area contributed by atoms with Crippen molar-refractivity contribution in [3.05, 3.63) is 35.4 Å². The van der Waals surface area contributed by atoms with Gasteiger partial charge in [0.25, 0.3) is 0 Å². The van der Waals surface area contributed by atoms with E-state index in [9.17, 15) is 0 Å². The number of hydrogen-bond donors (Lipinski definition) is 1. The molecule has 1 unspecified atom stereocenters. The van der Waals surface area contributed by atoms with Gasteiger partial charge >= 0.3 is 0 Å². The molecule has 1 N–H and O–H groups in total. The first-order valence-electron chi connectivity index (χ1n) is 3.70. The van der Waals surface area contributed by atoms with Gasteiger partial charge in [-0.05, 0) is 6.07 Å². The van der Waals surface area contributed by atoms with Crippen molar-refractivity contribution in [3.63, 3.8) is 0 Å². The lowest BCUT2D eigenvalue weighted by atomic mass is 10.1. The Hall–Kier alpha value is -1.35. The fourth-order valence-corrected chi connectivity index (χ4v) is 1.32. The quantitative estimate of drug-likeness (QED) is 0.684. The number of rotatable bonds is 1. The topological polar surface area (TPSA) is 42.3 Å². The maximum absolute atomic E-state index is 7.46. The van der Waals surface area contributed by atoms with Crippen LogP contribution in [0.25, 0.3) is 0 Å². The smallest absolute Gasteiger partial charge is 0.229 e. The molecule has 2 rings (SSSR count). The molecule has 1 heterocycles. The van der Waals surface area contributed by atoms with E-state index < -0.39 is 6.29 Å². The summed E-state index contributed by atoms with van der Waals surface area (Å²) < 4.78 is 10.2. The minimum absolute atomic E-state index is 0.192. The minimum Gasteiger partial charge on any atom is -0.443 e. The molecule has 1 aromatic carbocycles. The number of methoxy groups -OCH3 is 1. The largest absolute Gasteiger partial charge is 0.443 e. The standard InChI is InChI=1S/C9H9NO2/c1-11-9-7-5-3-2-4-6(7)8(10)12-9/h2-5,9-10H,1H3. The Labute approximate surface area is 70.4 Å². The second-order valence-electron chi connectivity index (χ2n) is 2.60. The van der Waals surface area contributed by atoms with Gasteiger partial charge in [-0.2, -0.15) is 0 Å². The number of nitrogens with one attached hydrogen (secondary N) is 1. The number of fused-ring (bicyclic) bond motifs is 1. The van der Waals surface area contributed by atoms with E-state index in [0.717, 1.165) is 11.1 Å². The molecule has 12 heavy (non-hydrogen) atoms. The molecule has 0 aliphatic carbocycles. The summed E-state index contributed by atoms with van der Waals surface area (Å²) in [7, 11) is 1.57. The Morgan fingerprint density at radius 1 is 1.42 bits per heavy atom. The number of ether oxygens (including phenoxy) is 2. The molecule has 0 bridgehead atoms. The lowest BCUT2D eigenvalue weighted by molar-refractivity contribution is -0.0567. The second kappa shape index (κ2) is 2.60. The minimum atomic E-state index is -0.395. The second-order valence-corrected chi connectivity index (χ2v) is 2.60. The van der Waals surface area contributed by atoms with E-state index in [1.165, 1.54) is 0 Å². The Balaban J connectivity index is 2.50. The molecule has 3 nitrogen and oxygen atoms in total. The SMILES string of the molecule is COC1OC(=N)c2ccccc21. The Morgan fingerprint density at radius 2 is 2.17 bits per heavy atom. The van der Waals surface area contributed by atoms with Gasteiger partial charge in [0.2, 0.25) is 12.2 Å². The van der Waals surface area contributed by atoms with Crippen LogP contribution in [0.15, 0.2) is 24.3 Å². The van der Waals surface area contributed by atoms with Crippen molar-refractivity contribution >= 4 is 5.90 Å². The fraction of sp³-hybridized carbons (Fsp3) is 0.222. The van der Waals surface area contributed by atoms with Crippen LogP contribution in [0.4, 0.5) is 0 Å². The molecule has 0 spiro atoms. The highest BCUT2D eigenvalue weighted by Gasteiger charge is 2.27. The number of benzene rings is 1. The third kappa shape index (κ3) is 0.905. The average Bonchev–Trinajstić information content (AvgIpc) is 2.44. The molecule has 3 heteroatoms. The van der Waals surface area contributed by atoms with Crippen LogP contribution in [0.1, 0.15) is 17.4 Å². The van der Waals surface area contributed by atoms with Crippen LogP contribution in [0, 0.1) is 5.41 Å². The van der Waals surface area contributed by atoms with Gasteiger partial charge in [-0.25, -0.2) is 0 Å². The van der Waals surface area contributed by atoms with Gasteiger partial charge < -0.3 is 9.47 Å². The highest BCUT2D eigenvalue weighted by molar-refractivity contribution is 5.95. The van der Waals surface area contributed by atoms with Crippen molar-refractivity contribution in [1.82, 2.24) is 0 Å². The molecule has 1 atom stereocenters. The van der Waals surface area contributed by atoms with E-state index in [2.05, 4.69) is 0 Å². The summed E-state index contributed by atoms with van der Waals surface area (Å²) >= 11 is 0. The maximum atomic E-state index is 7.46. The van der Waals surface area contributed by atoms with Gasteiger partial charge in [-0.1, -0.05) is 18.2 Å². The van der Waals surface area contributed by atoms with Gasteiger partial charge in [0, 0.05) is 18.2 Å². The molecule has 0 radical (unpaired) electrons. The molecule has 0 saturated carbocycles. The van der Waals surface area contributed by atoms with E-state index in [1.807, 2.05) is 24.3 Å². The molecule has 0 aromatic heterocycles. The summed E-state index contributed by atoms with van der Waals surface area (Å²) in [6.07, 6.45) is -0.395.